The number of hydrogen-bond acceptors (Lipinski definition) is 6. The average Bonchev–Trinajstić information content (AvgIpc) is 2.82. The number of amidine groups is 1. The minimum Gasteiger partial charge on any atom is -0.388 e. The summed E-state index contributed by atoms with van der Waals surface area (Å²) in [5, 5.41) is 13.6. The Bertz CT molecular complexity index is 1050. The maximum atomic E-state index is 13.2. The molecule has 5 N–H and O–H groups in total. The van der Waals surface area contributed by atoms with Crippen molar-refractivity contribution in [2.24, 2.45) is 23.5 Å². The van der Waals surface area contributed by atoms with Crippen LogP contribution in [0.25, 0.3) is 0 Å². The summed E-state index contributed by atoms with van der Waals surface area (Å²) < 4.78 is 24.7. The molecule has 0 radical (unpaired) electrons. The zero-order valence-corrected chi connectivity index (χ0v) is 23.9. The maximum Gasteiger partial charge on any atom is 0.245 e. The summed E-state index contributed by atoms with van der Waals surface area (Å²) in [6.07, 6.45) is 4.36. The van der Waals surface area contributed by atoms with Gasteiger partial charge < -0.3 is 16.4 Å². The van der Waals surface area contributed by atoms with E-state index in [0.717, 1.165) is 30.7 Å². The molecule has 10 heteroatoms. The quantitative estimate of drug-likeness (QED) is 0.0951. The Morgan fingerprint density at radius 1 is 1.03 bits per heavy atom. The number of unbranched alkanes of at least 4 members (excludes halogenated alkanes) is 2. The Labute approximate surface area is 227 Å². The third-order valence-corrected chi connectivity index (χ3v) is 7.23. The van der Waals surface area contributed by atoms with E-state index in [1.807, 2.05) is 13.8 Å². The molecule has 0 fully saturated rings. The number of amides is 2. The molecule has 0 aliphatic heterocycles. The molecule has 0 spiro atoms. The average molecular weight is 549 g/mol. The van der Waals surface area contributed by atoms with Gasteiger partial charge in [0.25, 0.3) is 0 Å². The highest BCUT2D eigenvalue weighted by atomic mass is 32.2. The zero-order chi connectivity index (χ0) is 28.7. The van der Waals surface area contributed by atoms with Gasteiger partial charge in [-0.05, 0) is 36.7 Å². The molecule has 212 valence electrons. The van der Waals surface area contributed by atoms with Gasteiger partial charge in [-0.25, -0.2) is 8.42 Å². The fourth-order valence-electron chi connectivity index (χ4n) is 4.04. The molecule has 1 aromatic rings. The molecule has 0 aliphatic rings. The van der Waals surface area contributed by atoms with Gasteiger partial charge in [-0.1, -0.05) is 64.4 Å². The van der Waals surface area contributed by atoms with E-state index >= 15 is 0 Å². The minimum absolute atomic E-state index is 0.0203. The first-order valence-electron chi connectivity index (χ1n) is 13.2. The van der Waals surface area contributed by atoms with Crippen LogP contribution in [-0.4, -0.2) is 44.4 Å². The van der Waals surface area contributed by atoms with Gasteiger partial charge in [0.1, 0.15) is 0 Å². The first-order chi connectivity index (χ1) is 17.8. The van der Waals surface area contributed by atoms with E-state index in [-0.39, 0.29) is 41.5 Å². The minimum atomic E-state index is -3.66. The molecule has 9 nitrogen and oxygen atoms in total. The van der Waals surface area contributed by atoms with Crippen LogP contribution in [0.1, 0.15) is 71.8 Å². The van der Waals surface area contributed by atoms with Crippen LogP contribution in [-0.2, 0) is 30.0 Å². The maximum absolute atomic E-state index is 13.2. The number of ketones is 1. The molecule has 2 unspecified atom stereocenters. The Morgan fingerprint density at radius 3 is 2.26 bits per heavy atom. The van der Waals surface area contributed by atoms with Crippen LogP contribution < -0.4 is 16.4 Å². The number of carbonyl (C=O) groups excluding carboxylic acids is 3. The molecular weight excluding hydrogens is 504 g/mol. The Kier molecular flexibility index (Phi) is 14.6. The van der Waals surface area contributed by atoms with Crippen LogP contribution >= 0.6 is 0 Å². The van der Waals surface area contributed by atoms with E-state index in [9.17, 15) is 22.8 Å². The summed E-state index contributed by atoms with van der Waals surface area (Å²) >= 11 is 0. The SMILES string of the molecule is CC(C)CC(CC(=O)C(NC(=O)/C=C/S(=O)(=O)Cc1ccccc1)C(C)C)C(=O)NCCCCCC(=N)N. The molecule has 0 heterocycles. The van der Waals surface area contributed by atoms with Crippen LogP contribution in [0.15, 0.2) is 41.8 Å². The lowest BCUT2D eigenvalue weighted by Gasteiger charge is -2.24. The van der Waals surface area contributed by atoms with E-state index in [1.54, 1.807) is 44.2 Å². The summed E-state index contributed by atoms with van der Waals surface area (Å²) in [5.41, 5.74) is 5.96. The zero-order valence-electron chi connectivity index (χ0n) is 23.0. The number of nitrogens with one attached hydrogen (secondary N) is 3. The van der Waals surface area contributed by atoms with Crippen molar-refractivity contribution >= 4 is 33.3 Å². The highest BCUT2D eigenvalue weighted by molar-refractivity contribution is 7.93. The third kappa shape index (κ3) is 14.1. The van der Waals surface area contributed by atoms with Crippen LogP contribution in [0, 0.1) is 23.2 Å². The molecule has 2 amide bonds. The van der Waals surface area contributed by atoms with Crippen molar-refractivity contribution in [1.82, 2.24) is 10.6 Å². The second kappa shape index (κ2) is 16.8. The Morgan fingerprint density at radius 2 is 1.68 bits per heavy atom. The van der Waals surface area contributed by atoms with E-state index in [0.29, 0.717) is 24.9 Å². The fourth-order valence-corrected chi connectivity index (χ4v) is 5.12. The van der Waals surface area contributed by atoms with Gasteiger partial charge in [0.2, 0.25) is 11.8 Å². The number of hydrogen-bond donors (Lipinski definition) is 4. The van der Waals surface area contributed by atoms with E-state index in [1.165, 1.54) is 0 Å². The summed E-state index contributed by atoms with van der Waals surface area (Å²) in [6, 6.07) is 7.80. The molecule has 1 aromatic carbocycles. The van der Waals surface area contributed by atoms with Crippen molar-refractivity contribution in [3.8, 4) is 0 Å². The van der Waals surface area contributed by atoms with Gasteiger partial charge in [0, 0.05) is 36.8 Å². The number of benzene rings is 1. The summed E-state index contributed by atoms with van der Waals surface area (Å²) in [5.74, 6) is -1.80. The molecule has 0 saturated heterocycles. The number of sulfone groups is 1. The van der Waals surface area contributed by atoms with E-state index < -0.39 is 27.7 Å². The van der Waals surface area contributed by atoms with Gasteiger partial charge in [0.05, 0.1) is 17.6 Å². The lowest BCUT2D eigenvalue weighted by Crippen LogP contribution is -2.45. The Balaban J connectivity index is 2.74. The lowest BCUT2D eigenvalue weighted by molar-refractivity contribution is -0.132. The second-order valence-corrected chi connectivity index (χ2v) is 12.3. The molecule has 1 rings (SSSR count). The smallest absolute Gasteiger partial charge is 0.245 e. The van der Waals surface area contributed by atoms with Crippen molar-refractivity contribution in [3.05, 3.63) is 47.4 Å². The first-order valence-corrected chi connectivity index (χ1v) is 14.9. The number of nitrogens with two attached hydrogens (primary N) is 1. The standard InChI is InChI=1S/C28H44N4O5S/c1-20(2)17-23(28(35)31-15-10-6-9-13-25(29)30)18-24(33)27(21(3)4)32-26(34)14-16-38(36,37)19-22-11-7-5-8-12-22/h5,7-8,11-12,14,16,20-21,23,27H,6,9-10,13,15,17-19H2,1-4H3,(H3,29,30)(H,31,35)(H,32,34)/b16-14+. The predicted molar refractivity (Wildman–Crippen MR) is 151 cm³/mol. The van der Waals surface area contributed by atoms with Crippen LogP contribution in [0.2, 0.25) is 0 Å². The van der Waals surface area contributed by atoms with Gasteiger partial charge in [-0.15, -0.1) is 0 Å². The first kappa shape index (κ1) is 33.0. The monoisotopic (exact) mass is 548 g/mol. The molecule has 38 heavy (non-hydrogen) atoms. The van der Waals surface area contributed by atoms with Gasteiger partial charge >= 0.3 is 0 Å². The van der Waals surface area contributed by atoms with Crippen molar-refractivity contribution in [2.75, 3.05) is 6.54 Å². The number of rotatable bonds is 18. The predicted octanol–water partition coefficient (Wildman–Crippen LogP) is 3.49. The van der Waals surface area contributed by atoms with Crippen LogP contribution in [0.5, 0.6) is 0 Å². The molecule has 0 bridgehead atoms. The van der Waals surface area contributed by atoms with Crippen LogP contribution in [0.4, 0.5) is 0 Å². The fraction of sp³-hybridized carbons (Fsp3) is 0.571. The Hall–Kier alpha value is -3.01. The molecule has 2 atom stereocenters. The largest absolute Gasteiger partial charge is 0.388 e. The summed E-state index contributed by atoms with van der Waals surface area (Å²) in [7, 11) is -3.66. The molecule has 0 aromatic heterocycles. The topological polar surface area (TPSA) is 159 Å². The van der Waals surface area contributed by atoms with Crippen molar-refractivity contribution in [3.63, 3.8) is 0 Å². The van der Waals surface area contributed by atoms with E-state index in [2.05, 4.69) is 10.6 Å². The summed E-state index contributed by atoms with van der Waals surface area (Å²) in [4.78, 5) is 38.5. The highest BCUT2D eigenvalue weighted by Crippen LogP contribution is 2.19. The third-order valence-electron chi connectivity index (χ3n) is 5.95. The van der Waals surface area contributed by atoms with Gasteiger partial charge in [0.15, 0.2) is 15.6 Å². The molecule has 0 saturated carbocycles. The number of Topliss-reactive ketones (excluding diaryl/α,β-unsaturated/α-hetero) is 1. The summed E-state index contributed by atoms with van der Waals surface area (Å²) in [6.45, 7) is 8.02. The van der Waals surface area contributed by atoms with Crippen LogP contribution in [0.3, 0.4) is 0 Å². The molecular formula is C28H44N4O5S. The number of carbonyl (C=O) groups is 3. The van der Waals surface area contributed by atoms with E-state index in [4.69, 9.17) is 11.1 Å². The molecule has 0 aliphatic carbocycles. The van der Waals surface area contributed by atoms with Crippen molar-refractivity contribution in [2.45, 2.75) is 78.0 Å². The second-order valence-electron chi connectivity index (χ2n) is 10.4. The van der Waals surface area contributed by atoms with Gasteiger partial charge in [-0.2, -0.15) is 0 Å². The highest BCUT2D eigenvalue weighted by Gasteiger charge is 2.29. The van der Waals surface area contributed by atoms with Crippen molar-refractivity contribution in [1.29, 1.82) is 5.41 Å². The normalized spacial score (nSPS) is 13.4. The lowest BCUT2D eigenvalue weighted by atomic mass is 9.87. The van der Waals surface area contributed by atoms with Crippen molar-refractivity contribution < 1.29 is 22.8 Å². The van der Waals surface area contributed by atoms with Gasteiger partial charge in [-0.3, -0.25) is 19.8 Å².